The molecule has 1 aliphatic rings. The molecule has 1 aromatic heterocycles. The van der Waals surface area contributed by atoms with Gasteiger partial charge in [0.05, 0.1) is 19.6 Å². The fourth-order valence-electron chi connectivity index (χ4n) is 2.05. The van der Waals surface area contributed by atoms with Crippen molar-refractivity contribution in [2.45, 2.75) is 12.2 Å². The Morgan fingerprint density at radius 3 is 2.44 bits per heavy atom. The Bertz CT molecular complexity index is 520. The van der Waals surface area contributed by atoms with Gasteiger partial charge in [-0.3, -0.25) is 0 Å². The average Bonchev–Trinajstić information content (AvgIpc) is 3.01. The first-order valence-electron chi connectivity index (χ1n) is 5.70. The second-order valence-corrected chi connectivity index (χ2v) is 4.03. The molecule has 0 radical (unpaired) electrons. The van der Waals surface area contributed by atoms with Gasteiger partial charge in [-0.25, -0.2) is 0 Å². The van der Waals surface area contributed by atoms with E-state index < -0.39 is 5.79 Å². The summed E-state index contributed by atoms with van der Waals surface area (Å²) in [6, 6.07) is 9.76. The summed E-state index contributed by atoms with van der Waals surface area (Å²) in [6.07, 6.45) is 0.348. The largest absolute Gasteiger partial charge is 0.408 e. The van der Waals surface area contributed by atoms with Gasteiger partial charge in [-0.05, 0) is 0 Å². The molecule has 0 spiro atoms. The second-order valence-electron chi connectivity index (χ2n) is 4.03. The van der Waals surface area contributed by atoms with Crippen LogP contribution in [0, 0.1) is 0 Å². The number of nitrogens with two attached hydrogens (primary N) is 1. The van der Waals surface area contributed by atoms with Crippen LogP contribution in [0.4, 0.5) is 6.01 Å². The number of ether oxygens (including phenoxy) is 2. The maximum atomic E-state index is 5.75. The lowest BCUT2D eigenvalue weighted by Crippen LogP contribution is -2.30. The molecule has 6 heteroatoms. The SMILES string of the molecule is Nc1nnc(CC2(c3ccccc3)OCCO2)o1. The van der Waals surface area contributed by atoms with Crippen LogP contribution in [0.3, 0.4) is 0 Å². The van der Waals surface area contributed by atoms with Gasteiger partial charge in [-0.15, -0.1) is 5.10 Å². The summed E-state index contributed by atoms with van der Waals surface area (Å²) in [5.41, 5.74) is 6.34. The minimum atomic E-state index is -0.847. The number of rotatable bonds is 3. The molecule has 2 heterocycles. The van der Waals surface area contributed by atoms with Gasteiger partial charge in [-0.2, -0.15) is 0 Å². The number of nitrogen functional groups attached to an aromatic ring is 1. The number of hydrogen-bond acceptors (Lipinski definition) is 6. The van der Waals surface area contributed by atoms with E-state index in [9.17, 15) is 0 Å². The smallest absolute Gasteiger partial charge is 0.312 e. The van der Waals surface area contributed by atoms with Crippen LogP contribution >= 0.6 is 0 Å². The standard InChI is InChI=1S/C12H13N3O3/c13-11-15-14-10(18-11)8-12(16-6-7-17-12)9-4-2-1-3-5-9/h1-5H,6-8H2,(H2,13,15). The molecule has 0 unspecified atom stereocenters. The first kappa shape index (κ1) is 11.2. The predicted octanol–water partition coefficient (Wildman–Crippen LogP) is 1.09. The van der Waals surface area contributed by atoms with Crippen LogP contribution < -0.4 is 5.73 Å². The Morgan fingerprint density at radius 2 is 1.83 bits per heavy atom. The van der Waals surface area contributed by atoms with Crippen molar-refractivity contribution >= 4 is 6.01 Å². The summed E-state index contributed by atoms with van der Waals surface area (Å²) in [5, 5.41) is 7.48. The van der Waals surface area contributed by atoms with Crippen LogP contribution in [0.1, 0.15) is 11.5 Å². The summed E-state index contributed by atoms with van der Waals surface area (Å²) >= 11 is 0. The molecule has 1 aromatic carbocycles. The maximum absolute atomic E-state index is 5.75. The Balaban J connectivity index is 1.92. The second kappa shape index (κ2) is 4.40. The number of hydrogen-bond donors (Lipinski definition) is 1. The highest BCUT2D eigenvalue weighted by Gasteiger charge is 2.40. The number of nitrogens with zero attached hydrogens (tertiary/aromatic N) is 2. The van der Waals surface area contributed by atoms with Crippen LogP contribution in [-0.2, 0) is 21.7 Å². The normalized spacial score (nSPS) is 18.0. The molecule has 1 aliphatic heterocycles. The molecular weight excluding hydrogens is 234 g/mol. The molecule has 6 nitrogen and oxygen atoms in total. The van der Waals surface area contributed by atoms with Crippen LogP contribution in [0.5, 0.6) is 0 Å². The van der Waals surface area contributed by atoms with Gasteiger partial charge in [0.25, 0.3) is 0 Å². The Kier molecular flexibility index (Phi) is 2.73. The zero-order chi connectivity index (χ0) is 12.4. The van der Waals surface area contributed by atoms with Crippen LogP contribution in [0.15, 0.2) is 34.7 Å². The molecule has 1 fully saturated rings. The van der Waals surface area contributed by atoms with Crippen LogP contribution in [0.25, 0.3) is 0 Å². The molecule has 1 saturated heterocycles. The van der Waals surface area contributed by atoms with Crippen molar-refractivity contribution in [3.63, 3.8) is 0 Å². The van der Waals surface area contributed by atoms with Crippen LogP contribution in [0.2, 0.25) is 0 Å². The zero-order valence-electron chi connectivity index (χ0n) is 9.70. The first-order valence-corrected chi connectivity index (χ1v) is 5.70. The maximum Gasteiger partial charge on any atom is 0.312 e. The van der Waals surface area contributed by atoms with Gasteiger partial charge in [0.15, 0.2) is 0 Å². The minimum Gasteiger partial charge on any atom is -0.408 e. The lowest BCUT2D eigenvalue weighted by molar-refractivity contribution is -0.167. The van der Waals surface area contributed by atoms with Crippen molar-refractivity contribution in [2.24, 2.45) is 0 Å². The van der Waals surface area contributed by atoms with E-state index in [0.29, 0.717) is 25.5 Å². The first-order chi connectivity index (χ1) is 8.78. The van der Waals surface area contributed by atoms with Gasteiger partial charge in [-0.1, -0.05) is 35.4 Å². The molecule has 94 valence electrons. The highest BCUT2D eigenvalue weighted by molar-refractivity contribution is 5.22. The molecule has 3 rings (SSSR count). The molecular formula is C12H13N3O3. The van der Waals surface area contributed by atoms with E-state index in [-0.39, 0.29) is 6.01 Å². The van der Waals surface area contributed by atoms with E-state index in [0.717, 1.165) is 5.56 Å². The molecule has 2 aromatic rings. The lowest BCUT2D eigenvalue weighted by atomic mass is 10.0. The molecule has 0 amide bonds. The highest BCUT2D eigenvalue weighted by Crippen LogP contribution is 2.34. The highest BCUT2D eigenvalue weighted by atomic mass is 16.7. The van der Waals surface area contributed by atoms with Gasteiger partial charge >= 0.3 is 6.01 Å². The third-order valence-electron chi connectivity index (χ3n) is 2.83. The lowest BCUT2D eigenvalue weighted by Gasteiger charge is -2.26. The quantitative estimate of drug-likeness (QED) is 0.874. The van der Waals surface area contributed by atoms with Gasteiger partial charge < -0.3 is 19.6 Å². The van der Waals surface area contributed by atoms with E-state index in [4.69, 9.17) is 19.6 Å². The summed E-state index contributed by atoms with van der Waals surface area (Å²) in [5.74, 6) is -0.446. The van der Waals surface area contributed by atoms with Crippen molar-refractivity contribution < 1.29 is 13.9 Å². The number of anilines is 1. The third-order valence-corrected chi connectivity index (χ3v) is 2.83. The average molecular weight is 247 g/mol. The Labute approximate surface area is 104 Å². The van der Waals surface area contributed by atoms with Crippen molar-refractivity contribution in [2.75, 3.05) is 18.9 Å². The van der Waals surface area contributed by atoms with E-state index in [1.165, 1.54) is 0 Å². The van der Waals surface area contributed by atoms with Gasteiger partial charge in [0.2, 0.25) is 11.7 Å². The van der Waals surface area contributed by atoms with Crippen molar-refractivity contribution in [1.82, 2.24) is 10.2 Å². The van der Waals surface area contributed by atoms with E-state index in [1.54, 1.807) is 0 Å². The minimum absolute atomic E-state index is 0.0474. The van der Waals surface area contributed by atoms with Crippen molar-refractivity contribution in [3.05, 3.63) is 41.8 Å². The van der Waals surface area contributed by atoms with Gasteiger partial charge in [0.1, 0.15) is 0 Å². The molecule has 18 heavy (non-hydrogen) atoms. The fourth-order valence-corrected chi connectivity index (χ4v) is 2.05. The summed E-state index contributed by atoms with van der Waals surface area (Å²) in [7, 11) is 0. The molecule has 2 N–H and O–H groups in total. The van der Waals surface area contributed by atoms with Crippen molar-refractivity contribution in [1.29, 1.82) is 0 Å². The topological polar surface area (TPSA) is 83.4 Å². The Morgan fingerprint density at radius 1 is 1.11 bits per heavy atom. The summed E-state index contributed by atoms with van der Waals surface area (Å²) in [4.78, 5) is 0. The molecule has 0 aliphatic carbocycles. The molecule has 0 saturated carbocycles. The summed E-state index contributed by atoms with van der Waals surface area (Å²) in [6.45, 7) is 1.08. The molecule has 0 bridgehead atoms. The summed E-state index contributed by atoms with van der Waals surface area (Å²) < 4.78 is 16.7. The van der Waals surface area contributed by atoms with Gasteiger partial charge in [0, 0.05) is 5.56 Å². The van der Waals surface area contributed by atoms with Crippen LogP contribution in [-0.4, -0.2) is 23.4 Å². The Hall–Kier alpha value is -1.92. The zero-order valence-corrected chi connectivity index (χ0v) is 9.70. The third kappa shape index (κ3) is 1.96. The molecule has 0 atom stereocenters. The fraction of sp³-hybridized carbons (Fsp3) is 0.333. The monoisotopic (exact) mass is 247 g/mol. The number of aromatic nitrogens is 2. The number of benzene rings is 1. The van der Waals surface area contributed by atoms with E-state index in [2.05, 4.69) is 10.2 Å². The predicted molar refractivity (Wildman–Crippen MR) is 62.4 cm³/mol. The van der Waals surface area contributed by atoms with E-state index in [1.807, 2.05) is 30.3 Å². The van der Waals surface area contributed by atoms with E-state index >= 15 is 0 Å². The van der Waals surface area contributed by atoms with Crippen molar-refractivity contribution in [3.8, 4) is 0 Å².